The van der Waals surface area contributed by atoms with Crippen molar-refractivity contribution in [1.82, 2.24) is 4.84 Å². The zero-order valence-corrected chi connectivity index (χ0v) is 14.1. The highest BCUT2D eigenvalue weighted by molar-refractivity contribution is 6.14. The van der Waals surface area contributed by atoms with E-state index in [9.17, 15) is 0 Å². The van der Waals surface area contributed by atoms with Crippen LogP contribution in [0.1, 0.15) is 26.3 Å². The fourth-order valence-corrected chi connectivity index (χ4v) is 2.42. The molecule has 22 heavy (non-hydrogen) atoms. The van der Waals surface area contributed by atoms with Crippen LogP contribution >= 0.6 is 11.8 Å². The largest absolute Gasteiger partial charge is 0.306 e. The highest BCUT2D eigenvalue weighted by atomic mass is 35.5. The molecular formula is C20H22ClN. The second-order valence-corrected chi connectivity index (χ2v) is 5.92. The highest BCUT2D eigenvalue weighted by Gasteiger charge is 2.03. The Kier molecular flexibility index (Phi) is 5.85. The molecule has 2 aromatic rings. The van der Waals surface area contributed by atoms with Gasteiger partial charge in [0.2, 0.25) is 0 Å². The second-order valence-electron chi connectivity index (χ2n) is 5.70. The van der Waals surface area contributed by atoms with E-state index in [2.05, 4.69) is 80.2 Å². The van der Waals surface area contributed by atoms with E-state index in [0.29, 0.717) is 5.92 Å². The Morgan fingerprint density at radius 3 is 2.45 bits per heavy atom. The molecule has 114 valence electrons. The fourth-order valence-electron chi connectivity index (χ4n) is 2.35. The lowest BCUT2D eigenvalue weighted by Crippen LogP contribution is -1.89. The molecule has 0 aromatic heterocycles. The standard InChI is InChI=1S/C20H22ClN/c1-15(2)8-9-16(3)20(12-13-22-21)19-11-10-17-6-4-5-7-18(17)14-19/h4-15,22H,1-3H3/b9-8+,13-12-,20-16-. The molecule has 0 unspecified atom stereocenters. The number of benzene rings is 2. The van der Waals surface area contributed by atoms with Gasteiger partial charge in [-0.15, -0.1) is 0 Å². The number of rotatable bonds is 5. The van der Waals surface area contributed by atoms with Gasteiger partial charge in [-0.2, -0.15) is 0 Å². The van der Waals surface area contributed by atoms with Gasteiger partial charge in [-0.3, -0.25) is 0 Å². The van der Waals surface area contributed by atoms with Crippen LogP contribution < -0.4 is 4.84 Å². The number of nitrogens with one attached hydrogen (secondary N) is 1. The molecule has 1 nitrogen and oxygen atoms in total. The maximum atomic E-state index is 5.58. The highest BCUT2D eigenvalue weighted by Crippen LogP contribution is 2.25. The molecule has 0 aliphatic rings. The maximum absolute atomic E-state index is 5.58. The second kappa shape index (κ2) is 7.86. The van der Waals surface area contributed by atoms with Crippen LogP contribution in [0.4, 0.5) is 0 Å². The summed E-state index contributed by atoms with van der Waals surface area (Å²) in [6.45, 7) is 6.48. The summed E-state index contributed by atoms with van der Waals surface area (Å²) in [6.07, 6.45) is 8.14. The molecule has 0 amide bonds. The average molecular weight is 312 g/mol. The molecule has 0 fully saturated rings. The molecule has 0 bridgehead atoms. The lowest BCUT2D eigenvalue weighted by Gasteiger charge is -2.08. The van der Waals surface area contributed by atoms with E-state index in [1.165, 1.54) is 21.9 Å². The molecule has 0 saturated heterocycles. The Labute approximate surface area is 138 Å². The summed E-state index contributed by atoms with van der Waals surface area (Å²) in [4.78, 5) is 2.56. The predicted molar refractivity (Wildman–Crippen MR) is 98.6 cm³/mol. The fraction of sp³-hybridized carbons (Fsp3) is 0.200. The average Bonchev–Trinajstić information content (AvgIpc) is 2.53. The minimum Gasteiger partial charge on any atom is -0.306 e. The van der Waals surface area contributed by atoms with E-state index in [1.54, 1.807) is 6.20 Å². The van der Waals surface area contributed by atoms with Crippen LogP contribution in [0.5, 0.6) is 0 Å². The first-order chi connectivity index (χ1) is 10.6. The Morgan fingerprint density at radius 2 is 1.77 bits per heavy atom. The number of fused-ring (bicyclic) bond motifs is 1. The van der Waals surface area contributed by atoms with Crippen LogP contribution in [0.2, 0.25) is 0 Å². The Hall–Kier alpha value is -1.99. The molecule has 2 aromatic carbocycles. The Bertz CT molecular complexity index is 723. The maximum Gasteiger partial charge on any atom is 0.0135 e. The zero-order valence-electron chi connectivity index (χ0n) is 13.3. The van der Waals surface area contributed by atoms with Crippen molar-refractivity contribution in [3.63, 3.8) is 0 Å². The molecular weight excluding hydrogens is 290 g/mol. The molecule has 0 radical (unpaired) electrons. The van der Waals surface area contributed by atoms with E-state index in [1.807, 2.05) is 6.08 Å². The van der Waals surface area contributed by atoms with Gasteiger partial charge in [-0.05, 0) is 52.5 Å². The predicted octanol–water partition coefficient (Wildman–Crippen LogP) is 6.08. The van der Waals surface area contributed by atoms with Crippen LogP contribution in [-0.2, 0) is 0 Å². The van der Waals surface area contributed by atoms with E-state index in [4.69, 9.17) is 11.8 Å². The third-order valence-corrected chi connectivity index (χ3v) is 3.66. The third kappa shape index (κ3) is 4.25. The van der Waals surface area contributed by atoms with Crippen molar-refractivity contribution in [2.45, 2.75) is 20.8 Å². The van der Waals surface area contributed by atoms with Crippen molar-refractivity contribution in [3.8, 4) is 0 Å². The van der Waals surface area contributed by atoms with Gasteiger partial charge in [0, 0.05) is 18.0 Å². The van der Waals surface area contributed by atoms with Gasteiger partial charge in [0.1, 0.15) is 0 Å². The number of hydrogen-bond acceptors (Lipinski definition) is 1. The van der Waals surface area contributed by atoms with Crippen LogP contribution in [0, 0.1) is 5.92 Å². The molecule has 0 heterocycles. The number of halogens is 1. The molecule has 0 aliphatic heterocycles. The first-order valence-corrected chi connectivity index (χ1v) is 7.90. The summed E-state index contributed by atoms with van der Waals surface area (Å²) in [5.41, 5.74) is 3.57. The van der Waals surface area contributed by atoms with E-state index in [0.717, 1.165) is 5.57 Å². The minimum atomic E-state index is 0.530. The van der Waals surface area contributed by atoms with Crippen molar-refractivity contribution < 1.29 is 0 Å². The van der Waals surface area contributed by atoms with Crippen molar-refractivity contribution >= 4 is 28.1 Å². The molecule has 2 heteroatoms. The summed E-state index contributed by atoms with van der Waals surface area (Å²) < 4.78 is 0. The lowest BCUT2D eigenvalue weighted by atomic mass is 9.97. The van der Waals surface area contributed by atoms with E-state index >= 15 is 0 Å². The topological polar surface area (TPSA) is 12.0 Å². The van der Waals surface area contributed by atoms with Gasteiger partial charge in [0.25, 0.3) is 0 Å². The van der Waals surface area contributed by atoms with Crippen LogP contribution in [0.25, 0.3) is 16.3 Å². The molecule has 0 saturated carbocycles. The number of allylic oxidation sites excluding steroid dienone is 5. The summed E-state index contributed by atoms with van der Waals surface area (Å²) >= 11 is 5.58. The van der Waals surface area contributed by atoms with Crippen molar-refractivity contribution in [2.24, 2.45) is 5.92 Å². The molecule has 2 rings (SSSR count). The van der Waals surface area contributed by atoms with E-state index in [-0.39, 0.29) is 0 Å². The number of hydrogen-bond donors (Lipinski definition) is 1. The summed E-state index contributed by atoms with van der Waals surface area (Å²) in [7, 11) is 0. The first kappa shape index (κ1) is 16.4. The van der Waals surface area contributed by atoms with Crippen LogP contribution in [-0.4, -0.2) is 0 Å². The summed E-state index contributed by atoms with van der Waals surface area (Å²) in [5, 5.41) is 2.49. The first-order valence-electron chi connectivity index (χ1n) is 7.53. The third-order valence-electron chi connectivity index (χ3n) is 3.53. The monoisotopic (exact) mass is 311 g/mol. The summed E-state index contributed by atoms with van der Waals surface area (Å²) in [5.74, 6) is 0.530. The lowest BCUT2D eigenvalue weighted by molar-refractivity contribution is 0.831. The van der Waals surface area contributed by atoms with Crippen LogP contribution in [0.15, 0.2) is 72.5 Å². The van der Waals surface area contributed by atoms with Crippen molar-refractivity contribution in [2.75, 3.05) is 0 Å². The Balaban J connectivity index is 2.51. The summed E-state index contributed by atoms with van der Waals surface area (Å²) in [6, 6.07) is 14.9. The van der Waals surface area contributed by atoms with Gasteiger partial charge in [-0.25, -0.2) is 0 Å². The molecule has 1 N–H and O–H groups in total. The zero-order chi connectivity index (χ0) is 15.9. The molecule has 0 aliphatic carbocycles. The van der Waals surface area contributed by atoms with Gasteiger partial charge in [0.05, 0.1) is 0 Å². The SMILES string of the molecule is CC(/C=C/C(C)C)=C(\C=C/NCl)c1ccc2ccccc2c1. The van der Waals surface area contributed by atoms with Crippen LogP contribution in [0.3, 0.4) is 0 Å². The van der Waals surface area contributed by atoms with Crippen molar-refractivity contribution in [1.29, 1.82) is 0 Å². The smallest absolute Gasteiger partial charge is 0.0135 e. The van der Waals surface area contributed by atoms with Gasteiger partial charge in [0.15, 0.2) is 0 Å². The molecule has 0 spiro atoms. The van der Waals surface area contributed by atoms with E-state index < -0.39 is 0 Å². The van der Waals surface area contributed by atoms with Gasteiger partial charge >= 0.3 is 0 Å². The van der Waals surface area contributed by atoms with Crippen molar-refractivity contribution in [3.05, 3.63) is 78.0 Å². The molecule has 0 atom stereocenters. The minimum absolute atomic E-state index is 0.530. The normalized spacial score (nSPS) is 13.3. The Morgan fingerprint density at radius 1 is 1.05 bits per heavy atom. The van der Waals surface area contributed by atoms with Gasteiger partial charge < -0.3 is 4.84 Å². The quantitative estimate of drug-likeness (QED) is 0.521. The van der Waals surface area contributed by atoms with Gasteiger partial charge in [-0.1, -0.05) is 62.4 Å².